The lowest BCUT2D eigenvalue weighted by molar-refractivity contribution is -0.106. The second-order valence-electron chi connectivity index (χ2n) is 3.74. The minimum Gasteiger partial charge on any atom is -0.302 e. The molecule has 1 rings (SSSR count). The Bertz CT molecular complexity index is 449. The molecule has 0 atom stereocenters. The van der Waals surface area contributed by atoms with Crippen molar-refractivity contribution in [1.82, 2.24) is 4.72 Å². The van der Waals surface area contributed by atoms with Gasteiger partial charge in [-0.05, 0) is 23.6 Å². The molecule has 0 heterocycles. The molecule has 0 unspecified atom stereocenters. The van der Waals surface area contributed by atoms with Gasteiger partial charge in [0.25, 0.3) is 0 Å². The van der Waals surface area contributed by atoms with Gasteiger partial charge in [-0.25, -0.2) is 13.1 Å². The van der Waals surface area contributed by atoms with Crippen LogP contribution in [0.15, 0.2) is 29.2 Å². The van der Waals surface area contributed by atoms with E-state index >= 15 is 0 Å². The van der Waals surface area contributed by atoms with Crippen LogP contribution in [0.25, 0.3) is 0 Å². The van der Waals surface area contributed by atoms with Crippen LogP contribution >= 0.6 is 0 Å². The summed E-state index contributed by atoms with van der Waals surface area (Å²) in [6.45, 7) is 3.87. The number of rotatable bonds is 5. The summed E-state index contributed by atoms with van der Waals surface area (Å²) in [5.41, 5.74) is 1.08. The molecule has 0 radical (unpaired) electrons. The Balaban J connectivity index is 2.93. The fourth-order valence-electron chi connectivity index (χ4n) is 1.26. The maximum atomic E-state index is 11.6. The molecule has 1 aromatic carbocycles. The van der Waals surface area contributed by atoms with E-state index in [1.165, 1.54) is 0 Å². The number of hydrogen-bond donors (Lipinski definition) is 1. The van der Waals surface area contributed by atoms with Gasteiger partial charge in [0.2, 0.25) is 10.0 Å². The van der Waals surface area contributed by atoms with Crippen LogP contribution in [0.3, 0.4) is 0 Å². The van der Waals surface area contributed by atoms with E-state index in [4.69, 9.17) is 0 Å². The van der Waals surface area contributed by atoms with E-state index in [1.807, 2.05) is 13.8 Å². The average molecular weight is 241 g/mol. The second kappa shape index (κ2) is 5.23. The Labute approximate surface area is 95.7 Å². The zero-order chi connectivity index (χ0) is 12.2. The first-order chi connectivity index (χ1) is 7.47. The first-order valence-corrected chi connectivity index (χ1v) is 6.49. The summed E-state index contributed by atoms with van der Waals surface area (Å²) < 4.78 is 25.4. The number of carbonyl (C=O) groups excluding carboxylic acids is 1. The first-order valence-electron chi connectivity index (χ1n) is 5.00. The molecule has 1 N–H and O–H groups in total. The van der Waals surface area contributed by atoms with Crippen molar-refractivity contribution in [2.45, 2.75) is 24.7 Å². The number of nitrogens with one attached hydrogen (secondary N) is 1. The Kier molecular flexibility index (Phi) is 4.20. The van der Waals surface area contributed by atoms with Crippen LogP contribution in [0.2, 0.25) is 0 Å². The van der Waals surface area contributed by atoms with Gasteiger partial charge < -0.3 is 4.79 Å². The van der Waals surface area contributed by atoms with Crippen LogP contribution in [0, 0.1) is 0 Å². The van der Waals surface area contributed by atoms with Crippen LogP contribution in [0.4, 0.5) is 0 Å². The highest BCUT2D eigenvalue weighted by atomic mass is 32.2. The molecule has 0 bridgehead atoms. The van der Waals surface area contributed by atoms with Crippen molar-refractivity contribution in [2.24, 2.45) is 0 Å². The zero-order valence-corrected chi connectivity index (χ0v) is 10.1. The Morgan fingerprint density at radius 1 is 1.25 bits per heavy atom. The molecule has 0 aliphatic carbocycles. The van der Waals surface area contributed by atoms with Gasteiger partial charge >= 0.3 is 0 Å². The molecule has 0 saturated heterocycles. The molecule has 0 fully saturated rings. The summed E-state index contributed by atoms with van der Waals surface area (Å²) in [7, 11) is -3.55. The van der Waals surface area contributed by atoms with Crippen molar-refractivity contribution in [3.63, 3.8) is 0 Å². The number of aldehydes is 1. The van der Waals surface area contributed by atoms with Crippen LogP contribution in [0.1, 0.15) is 25.3 Å². The Morgan fingerprint density at radius 2 is 1.81 bits per heavy atom. The van der Waals surface area contributed by atoms with Gasteiger partial charge in [-0.3, -0.25) is 0 Å². The predicted octanol–water partition coefficient (Wildman–Crippen LogP) is 1.29. The van der Waals surface area contributed by atoms with E-state index in [0.717, 1.165) is 5.56 Å². The Morgan fingerprint density at radius 3 is 2.25 bits per heavy atom. The lowest BCUT2D eigenvalue weighted by Crippen LogP contribution is -2.25. The van der Waals surface area contributed by atoms with Crippen molar-refractivity contribution >= 4 is 16.3 Å². The minimum absolute atomic E-state index is 0.179. The standard InChI is InChI=1S/C11H15NO3S/c1-9(2)10-3-5-11(6-4-10)16(14,15)12-7-8-13/h3-6,8-9,12H,7H2,1-2H3. The van der Waals surface area contributed by atoms with E-state index in [9.17, 15) is 13.2 Å². The molecule has 0 spiro atoms. The number of carbonyl (C=O) groups is 1. The molecule has 0 aromatic heterocycles. The third kappa shape index (κ3) is 3.15. The smallest absolute Gasteiger partial charge is 0.240 e. The van der Waals surface area contributed by atoms with E-state index in [2.05, 4.69) is 4.72 Å². The van der Waals surface area contributed by atoms with Crippen LogP contribution < -0.4 is 4.72 Å². The van der Waals surface area contributed by atoms with Crippen LogP contribution in [-0.4, -0.2) is 21.2 Å². The summed E-state index contributed by atoms with van der Waals surface area (Å²) in [4.78, 5) is 10.3. The topological polar surface area (TPSA) is 63.2 Å². The summed E-state index contributed by atoms with van der Waals surface area (Å²) in [5.74, 6) is 0.361. The second-order valence-corrected chi connectivity index (χ2v) is 5.51. The number of benzene rings is 1. The van der Waals surface area contributed by atoms with Crippen molar-refractivity contribution in [3.8, 4) is 0 Å². The fourth-order valence-corrected chi connectivity index (χ4v) is 2.21. The molecular formula is C11H15NO3S. The van der Waals surface area contributed by atoms with Gasteiger partial charge in [0.1, 0.15) is 6.29 Å². The molecule has 4 nitrogen and oxygen atoms in total. The van der Waals surface area contributed by atoms with Crippen LogP contribution in [-0.2, 0) is 14.8 Å². The predicted molar refractivity (Wildman–Crippen MR) is 61.8 cm³/mol. The monoisotopic (exact) mass is 241 g/mol. The molecule has 0 amide bonds. The van der Waals surface area contributed by atoms with Gasteiger partial charge in [0, 0.05) is 0 Å². The van der Waals surface area contributed by atoms with Gasteiger partial charge in [0.15, 0.2) is 0 Å². The molecule has 5 heteroatoms. The summed E-state index contributed by atoms with van der Waals surface area (Å²) in [6, 6.07) is 6.64. The van der Waals surface area contributed by atoms with Gasteiger partial charge in [0.05, 0.1) is 11.4 Å². The molecule has 0 aliphatic rings. The van der Waals surface area contributed by atoms with Crippen molar-refractivity contribution in [1.29, 1.82) is 0 Å². The highest BCUT2D eigenvalue weighted by Crippen LogP contribution is 2.16. The van der Waals surface area contributed by atoms with Gasteiger partial charge in [-0.15, -0.1) is 0 Å². The third-order valence-electron chi connectivity index (χ3n) is 2.21. The summed E-state index contributed by atoms with van der Waals surface area (Å²) in [5, 5.41) is 0. The molecule has 16 heavy (non-hydrogen) atoms. The highest BCUT2D eigenvalue weighted by Gasteiger charge is 2.12. The fraction of sp³-hybridized carbons (Fsp3) is 0.364. The van der Waals surface area contributed by atoms with Crippen molar-refractivity contribution < 1.29 is 13.2 Å². The molecule has 0 saturated carbocycles. The van der Waals surface area contributed by atoms with Crippen LogP contribution in [0.5, 0.6) is 0 Å². The summed E-state index contributed by atoms with van der Waals surface area (Å²) in [6.07, 6.45) is 0.514. The third-order valence-corrected chi connectivity index (χ3v) is 3.65. The lowest BCUT2D eigenvalue weighted by atomic mass is 10.0. The molecular weight excluding hydrogens is 226 g/mol. The summed E-state index contributed by atoms with van der Waals surface area (Å²) >= 11 is 0. The van der Waals surface area contributed by atoms with E-state index in [0.29, 0.717) is 12.2 Å². The lowest BCUT2D eigenvalue weighted by Gasteiger charge is -2.07. The SMILES string of the molecule is CC(C)c1ccc(S(=O)(=O)NCC=O)cc1. The van der Waals surface area contributed by atoms with Gasteiger partial charge in [-0.2, -0.15) is 0 Å². The molecule has 88 valence electrons. The van der Waals surface area contributed by atoms with E-state index < -0.39 is 10.0 Å². The highest BCUT2D eigenvalue weighted by molar-refractivity contribution is 7.89. The first kappa shape index (κ1) is 12.9. The average Bonchev–Trinajstić information content (AvgIpc) is 2.26. The number of hydrogen-bond acceptors (Lipinski definition) is 3. The minimum atomic E-state index is -3.55. The quantitative estimate of drug-likeness (QED) is 0.790. The van der Waals surface area contributed by atoms with E-state index in [1.54, 1.807) is 24.3 Å². The van der Waals surface area contributed by atoms with E-state index in [-0.39, 0.29) is 11.4 Å². The maximum Gasteiger partial charge on any atom is 0.240 e. The largest absolute Gasteiger partial charge is 0.302 e. The number of sulfonamides is 1. The molecule has 0 aliphatic heterocycles. The molecule has 1 aromatic rings. The van der Waals surface area contributed by atoms with Crippen molar-refractivity contribution in [3.05, 3.63) is 29.8 Å². The zero-order valence-electron chi connectivity index (χ0n) is 9.30. The normalized spacial score (nSPS) is 11.7. The van der Waals surface area contributed by atoms with Gasteiger partial charge in [-0.1, -0.05) is 26.0 Å². The Hall–Kier alpha value is -1.20. The maximum absolute atomic E-state index is 11.6. The van der Waals surface area contributed by atoms with Crippen molar-refractivity contribution in [2.75, 3.05) is 6.54 Å².